The Bertz CT molecular complexity index is 1150. The van der Waals surface area contributed by atoms with E-state index in [-0.39, 0.29) is 24.1 Å². The first-order chi connectivity index (χ1) is 14.7. The van der Waals surface area contributed by atoms with Gasteiger partial charge >= 0.3 is 0 Å². The second-order valence-electron chi connectivity index (χ2n) is 7.35. The average Bonchev–Trinajstić information content (AvgIpc) is 3.21. The van der Waals surface area contributed by atoms with Crippen molar-refractivity contribution in [3.63, 3.8) is 0 Å². The molecule has 0 aliphatic rings. The first-order valence-electron chi connectivity index (χ1n) is 10.2. The number of halogens is 1. The maximum atomic E-state index is 14.7. The fraction of sp³-hybridized carbons (Fsp3) is 0.200. The Morgan fingerprint density at radius 3 is 2.63 bits per heavy atom. The van der Waals surface area contributed by atoms with Crippen LogP contribution >= 0.6 is 0 Å². The molecule has 2 N–H and O–H groups in total. The minimum absolute atomic E-state index is 0.124. The minimum Gasteiger partial charge on any atom is -0.361 e. The van der Waals surface area contributed by atoms with Crippen LogP contribution in [-0.2, 0) is 17.8 Å². The van der Waals surface area contributed by atoms with Crippen LogP contribution in [0.4, 0.5) is 4.39 Å². The molecule has 0 saturated heterocycles. The van der Waals surface area contributed by atoms with E-state index in [9.17, 15) is 9.18 Å². The number of nitrogens with one attached hydrogen (secondary N) is 2. The van der Waals surface area contributed by atoms with Crippen molar-refractivity contribution in [1.29, 1.82) is 0 Å². The number of carbonyl (C=O) groups excluding carboxylic acids is 1. The third kappa shape index (κ3) is 4.10. The highest BCUT2D eigenvalue weighted by atomic mass is 19.1. The van der Waals surface area contributed by atoms with Gasteiger partial charge in [-0.3, -0.25) is 9.78 Å². The largest absolute Gasteiger partial charge is 0.361 e. The Balaban J connectivity index is 1.66. The number of aryl methyl sites for hydroxylation is 1. The number of hydrogen-bond acceptors (Lipinski definition) is 2. The van der Waals surface area contributed by atoms with E-state index in [1.165, 1.54) is 11.6 Å². The first kappa shape index (κ1) is 19.8. The molecule has 0 saturated carbocycles. The zero-order valence-electron chi connectivity index (χ0n) is 16.9. The van der Waals surface area contributed by atoms with Gasteiger partial charge in [0, 0.05) is 48.4 Å². The molecular weight excluding hydrogens is 377 g/mol. The zero-order chi connectivity index (χ0) is 20.9. The van der Waals surface area contributed by atoms with E-state index in [1.807, 2.05) is 36.5 Å². The third-order valence-electron chi connectivity index (χ3n) is 5.50. The molecule has 4 rings (SSSR count). The SMILES string of the molecule is CCc1cccc2c(C(CC(=O)NCc3ccncc3)c3ccccc3F)c[nH]c12. The van der Waals surface area contributed by atoms with Crippen LogP contribution < -0.4 is 5.32 Å². The summed E-state index contributed by atoms with van der Waals surface area (Å²) in [5.41, 5.74) is 4.69. The molecule has 0 aliphatic heterocycles. The summed E-state index contributed by atoms with van der Waals surface area (Å²) in [6.07, 6.45) is 6.36. The van der Waals surface area contributed by atoms with Gasteiger partial charge in [-0.2, -0.15) is 0 Å². The highest BCUT2D eigenvalue weighted by Gasteiger charge is 2.24. The first-order valence-corrected chi connectivity index (χ1v) is 10.2. The predicted octanol–water partition coefficient (Wildman–Crippen LogP) is 5.10. The van der Waals surface area contributed by atoms with Crippen molar-refractivity contribution in [2.75, 3.05) is 0 Å². The Morgan fingerprint density at radius 1 is 1.07 bits per heavy atom. The molecule has 1 amide bonds. The molecule has 0 spiro atoms. The second kappa shape index (κ2) is 8.91. The van der Waals surface area contributed by atoms with E-state index in [0.29, 0.717) is 12.1 Å². The fourth-order valence-corrected chi connectivity index (χ4v) is 3.93. The normalized spacial score (nSPS) is 12.1. The molecule has 152 valence electrons. The Hall–Kier alpha value is -3.47. The lowest BCUT2D eigenvalue weighted by atomic mass is 9.87. The van der Waals surface area contributed by atoms with Gasteiger partial charge in [0.15, 0.2) is 0 Å². The maximum Gasteiger partial charge on any atom is 0.221 e. The molecule has 2 aromatic carbocycles. The highest BCUT2D eigenvalue weighted by molar-refractivity contribution is 5.88. The summed E-state index contributed by atoms with van der Waals surface area (Å²) in [6.45, 7) is 2.52. The van der Waals surface area contributed by atoms with Crippen molar-refractivity contribution in [2.24, 2.45) is 0 Å². The number of pyridine rings is 1. The summed E-state index contributed by atoms with van der Waals surface area (Å²) in [6, 6.07) is 16.5. The summed E-state index contributed by atoms with van der Waals surface area (Å²) < 4.78 is 14.7. The Labute approximate surface area is 175 Å². The molecule has 4 aromatic rings. The lowest BCUT2D eigenvalue weighted by molar-refractivity contribution is -0.121. The Morgan fingerprint density at radius 2 is 1.87 bits per heavy atom. The van der Waals surface area contributed by atoms with Gasteiger partial charge in [0.05, 0.1) is 0 Å². The molecule has 1 unspecified atom stereocenters. The molecule has 4 nitrogen and oxygen atoms in total. The second-order valence-corrected chi connectivity index (χ2v) is 7.35. The van der Waals surface area contributed by atoms with E-state index >= 15 is 0 Å². The predicted molar refractivity (Wildman–Crippen MR) is 117 cm³/mol. The number of para-hydroxylation sites is 1. The lowest BCUT2D eigenvalue weighted by Gasteiger charge is -2.18. The van der Waals surface area contributed by atoms with Crippen LogP contribution in [0.15, 0.2) is 73.2 Å². The maximum absolute atomic E-state index is 14.7. The van der Waals surface area contributed by atoms with Crippen molar-refractivity contribution in [3.05, 3.63) is 101 Å². The number of H-pyrrole nitrogens is 1. The molecule has 2 heterocycles. The van der Waals surface area contributed by atoms with Crippen LogP contribution in [0.5, 0.6) is 0 Å². The Kier molecular flexibility index (Phi) is 5.89. The number of hydrogen-bond donors (Lipinski definition) is 2. The molecule has 0 bridgehead atoms. The molecule has 0 aliphatic carbocycles. The van der Waals surface area contributed by atoms with E-state index in [1.54, 1.807) is 24.5 Å². The molecule has 0 fully saturated rings. The van der Waals surface area contributed by atoms with E-state index < -0.39 is 0 Å². The average molecular weight is 401 g/mol. The zero-order valence-corrected chi connectivity index (χ0v) is 16.9. The molecule has 0 radical (unpaired) electrons. The van der Waals surface area contributed by atoms with Gasteiger partial charge in [-0.25, -0.2) is 4.39 Å². The van der Waals surface area contributed by atoms with Crippen molar-refractivity contribution in [3.8, 4) is 0 Å². The third-order valence-corrected chi connectivity index (χ3v) is 5.50. The van der Waals surface area contributed by atoms with Crippen molar-refractivity contribution in [2.45, 2.75) is 32.2 Å². The highest BCUT2D eigenvalue weighted by Crippen LogP contribution is 2.35. The summed E-state index contributed by atoms with van der Waals surface area (Å²) in [5.74, 6) is -0.809. The van der Waals surface area contributed by atoms with E-state index in [0.717, 1.165) is 28.5 Å². The molecule has 5 heteroatoms. The van der Waals surface area contributed by atoms with Crippen molar-refractivity contribution in [1.82, 2.24) is 15.3 Å². The number of fused-ring (bicyclic) bond motifs is 1. The quantitative estimate of drug-likeness (QED) is 0.452. The van der Waals surface area contributed by atoms with E-state index in [4.69, 9.17) is 0 Å². The molecule has 1 atom stereocenters. The molecule has 30 heavy (non-hydrogen) atoms. The molecular formula is C25H24FN3O. The van der Waals surface area contributed by atoms with Crippen molar-refractivity contribution < 1.29 is 9.18 Å². The standard InChI is InChI=1S/C25H24FN3O/c1-2-18-6-5-8-20-22(16-29-25(18)20)21(19-7-3-4-9-23(19)26)14-24(30)28-15-17-10-12-27-13-11-17/h3-13,16,21,29H,2,14-15H2,1H3,(H,28,30). The lowest BCUT2D eigenvalue weighted by Crippen LogP contribution is -2.25. The van der Waals surface area contributed by atoms with Crippen LogP contribution in [0, 0.1) is 5.82 Å². The van der Waals surface area contributed by atoms with Gasteiger partial charge in [-0.15, -0.1) is 0 Å². The number of rotatable bonds is 7. The summed E-state index contributed by atoms with van der Waals surface area (Å²) in [5, 5.41) is 3.98. The van der Waals surface area contributed by atoms with Gasteiger partial charge in [-0.1, -0.05) is 43.3 Å². The van der Waals surface area contributed by atoms with E-state index in [2.05, 4.69) is 28.3 Å². The van der Waals surface area contributed by atoms with Crippen LogP contribution in [0.25, 0.3) is 10.9 Å². The monoisotopic (exact) mass is 401 g/mol. The summed E-state index contributed by atoms with van der Waals surface area (Å²) >= 11 is 0. The minimum atomic E-state index is -0.385. The van der Waals surface area contributed by atoms with Gasteiger partial charge in [0.2, 0.25) is 5.91 Å². The topological polar surface area (TPSA) is 57.8 Å². The van der Waals surface area contributed by atoms with Gasteiger partial charge in [0.1, 0.15) is 5.82 Å². The number of aromatic nitrogens is 2. The van der Waals surface area contributed by atoms with Gasteiger partial charge in [-0.05, 0) is 46.9 Å². The van der Waals surface area contributed by atoms with Crippen LogP contribution in [0.2, 0.25) is 0 Å². The number of aromatic amines is 1. The van der Waals surface area contributed by atoms with Crippen LogP contribution in [0.1, 0.15) is 41.5 Å². The number of amides is 1. The smallest absolute Gasteiger partial charge is 0.221 e. The molecule has 2 aromatic heterocycles. The van der Waals surface area contributed by atoms with Crippen molar-refractivity contribution >= 4 is 16.8 Å². The number of nitrogens with zero attached hydrogens (tertiary/aromatic N) is 1. The van der Waals surface area contributed by atoms with Gasteiger partial charge < -0.3 is 10.3 Å². The van der Waals surface area contributed by atoms with Gasteiger partial charge in [0.25, 0.3) is 0 Å². The summed E-state index contributed by atoms with van der Waals surface area (Å²) in [7, 11) is 0. The van der Waals surface area contributed by atoms with Crippen LogP contribution in [0.3, 0.4) is 0 Å². The number of benzene rings is 2. The van der Waals surface area contributed by atoms with Crippen LogP contribution in [-0.4, -0.2) is 15.9 Å². The fourth-order valence-electron chi connectivity index (χ4n) is 3.93. The summed E-state index contributed by atoms with van der Waals surface area (Å²) in [4.78, 5) is 20.1. The number of carbonyl (C=O) groups is 1.